The first-order chi connectivity index (χ1) is 17.8. The number of ether oxygens (including phenoxy) is 4. The zero-order valence-electron chi connectivity index (χ0n) is 19.9. The number of epoxide rings is 2. The second-order valence-electron chi connectivity index (χ2n) is 8.87. The molecule has 5 heteroatoms. The minimum atomic E-state index is 0.236. The van der Waals surface area contributed by atoms with Crippen LogP contribution in [0.1, 0.15) is 28.9 Å². The molecule has 0 radical (unpaired) electrons. The van der Waals surface area contributed by atoms with E-state index in [1.54, 1.807) is 0 Å². The predicted molar refractivity (Wildman–Crippen MR) is 140 cm³/mol. The molecule has 0 aliphatic carbocycles. The second-order valence-corrected chi connectivity index (χ2v) is 8.87. The van der Waals surface area contributed by atoms with E-state index < -0.39 is 0 Å². The summed E-state index contributed by atoms with van der Waals surface area (Å²) in [7, 11) is 0. The van der Waals surface area contributed by atoms with Gasteiger partial charge in [-0.3, -0.25) is 0 Å². The molecule has 5 nitrogen and oxygen atoms in total. The quantitative estimate of drug-likeness (QED) is 0.176. The summed E-state index contributed by atoms with van der Waals surface area (Å²) in [6.07, 6.45) is 1.93. The van der Waals surface area contributed by atoms with Crippen LogP contribution in [0.15, 0.2) is 110 Å². The van der Waals surface area contributed by atoms with Crippen LogP contribution in [0.2, 0.25) is 0 Å². The largest absolute Gasteiger partial charge is 0.489 e. The summed E-state index contributed by atoms with van der Waals surface area (Å²) in [6, 6.07) is 33.1. The molecule has 6 rings (SSSR count). The molecule has 2 aliphatic rings. The van der Waals surface area contributed by atoms with Gasteiger partial charge in [0, 0.05) is 17.1 Å². The van der Waals surface area contributed by atoms with Crippen LogP contribution in [0.25, 0.3) is 0 Å². The maximum atomic E-state index is 6.01. The number of rotatable bonds is 10. The fourth-order valence-electron chi connectivity index (χ4n) is 4.22. The van der Waals surface area contributed by atoms with Gasteiger partial charge in [0.05, 0.1) is 19.5 Å². The molecule has 2 saturated heterocycles. The molecule has 2 aliphatic heterocycles. The molecule has 36 heavy (non-hydrogen) atoms. The minimum absolute atomic E-state index is 0.236. The molecule has 2 heterocycles. The number of benzene rings is 4. The predicted octanol–water partition coefficient (Wildman–Crippen LogP) is 7.40. The molecule has 4 aromatic rings. The molecule has 0 saturated carbocycles. The van der Waals surface area contributed by atoms with Crippen LogP contribution < -0.4 is 14.4 Å². The lowest BCUT2D eigenvalue weighted by Gasteiger charge is -2.26. The topological polar surface area (TPSA) is 46.8 Å². The Kier molecular flexibility index (Phi) is 6.16. The van der Waals surface area contributed by atoms with E-state index >= 15 is 0 Å². The van der Waals surface area contributed by atoms with Crippen molar-refractivity contribution in [1.82, 2.24) is 0 Å². The number of anilines is 3. The van der Waals surface area contributed by atoms with Crippen molar-refractivity contribution in [3.63, 3.8) is 0 Å². The number of hydrogen-bond donors (Lipinski definition) is 0. The molecule has 180 valence electrons. The van der Waals surface area contributed by atoms with Gasteiger partial charge in [-0.1, -0.05) is 43.0 Å². The maximum absolute atomic E-state index is 6.01. The van der Waals surface area contributed by atoms with E-state index in [-0.39, 0.29) is 12.2 Å². The van der Waals surface area contributed by atoms with Crippen LogP contribution in [0.5, 0.6) is 11.5 Å². The molecular weight excluding hydrogens is 450 g/mol. The first-order valence-electron chi connectivity index (χ1n) is 12.1. The Bertz CT molecular complexity index is 1310. The molecule has 0 amide bonds. The fraction of sp³-hybridized carbons (Fsp3) is 0.161. The summed E-state index contributed by atoms with van der Waals surface area (Å²) in [5, 5.41) is 0. The lowest BCUT2D eigenvalue weighted by molar-refractivity contribution is 0.306. The van der Waals surface area contributed by atoms with Gasteiger partial charge < -0.3 is 23.8 Å². The van der Waals surface area contributed by atoms with Crippen molar-refractivity contribution in [2.24, 2.45) is 0 Å². The van der Waals surface area contributed by atoms with E-state index in [1.807, 2.05) is 36.4 Å². The van der Waals surface area contributed by atoms with Crippen LogP contribution in [0.4, 0.5) is 17.1 Å². The van der Waals surface area contributed by atoms with Gasteiger partial charge in [-0.25, -0.2) is 0 Å². The summed E-state index contributed by atoms with van der Waals surface area (Å²) in [4.78, 5) is 2.22. The molecule has 2 unspecified atom stereocenters. The average molecular weight is 478 g/mol. The van der Waals surface area contributed by atoms with Gasteiger partial charge in [-0.15, -0.1) is 0 Å². The minimum Gasteiger partial charge on any atom is -0.489 e. The van der Waals surface area contributed by atoms with Crippen molar-refractivity contribution in [2.75, 3.05) is 18.1 Å². The van der Waals surface area contributed by atoms with Crippen molar-refractivity contribution in [2.45, 2.75) is 18.8 Å². The molecule has 2 atom stereocenters. The summed E-state index contributed by atoms with van der Waals surface area (Å²) >= 11 is 0. The zero-order valence-corrected chi connectivity index (χ0v) is 19.9. The third kappa shape index (κ3) is 5.13. The van der Waals surface area contributed by atoms with E-state index in [0.29, 0.717) is 6.61 Å². The lowest BCUT2D eigenvalue weighted by atomic mass is 10.1. The van der Waals surface area contributed by atoms with Crippen molar-refractivity contribution in [3.05, 3.63) is 127 Å². The van der Waals surface area contributed by atoms with Crippen molar-refractivity contribution < 1.29 is 18.9 Å². The maximum Gasteiger partial charge on any atom is 0.126 e. The Morgan fingerprint density at radius 3 is 1.61 bits per heavy atom. The molecule has 2 fully saturated rings. The standard InChI is InChI=1S/C31H27NO4/c1-2-33-28-17-13-27(14-18-28)32(26-11-5-23(6-12-26)30-20-35-30)25-9-3-22(4-10-25)19-34-29-15-7-24(8-16-29)31-21-36-31/h2-18,30-31H,1,19-21H2. The molecule has 0 bridgehead atoms. The van der Waals surface area contributed by atoms with Gasteiger partial charge in [0.15, 0.2) is 0 Å². The van der Waals surface area contributed by atoms with Gasteiger partial charge >= 0.3 is 0 Å². The Labute approximate surface area is 211 Å². The first kappa shape index (κ1) is 22.4. The zero-order chi connectivity index (χ0) is 24.3. The van der Waals surface area contributed by atoms with Gasteiger partial charge in [0.1, 0.15) is 30.3 Å². The van der Waals surface area contributed by atoms with Gasteiger partial charge in [0.2, 0.25) is 0 Å². The number of nitrogens with zero attached hydrogens (tertiary/aromatic N) is 1. The fourth-order valence-corrected chi connectivity index (χ4v) is 4.22. The normalized spacial score (nSPS) is 17.8. The van der Waals surface area contributed by atoms with E-state index in [9.17, 15) is 0 Å². The van der Waals surface area contributed by atoms with Gasteiger partial charge in [-0.2, -0.15) is 0 Å². The summed E-state index contributed by atoms with van der Waals surface area (Å²) in [6.45, 7) is 5.75. The first-order valence-corrected chi connectivity index (χ1v) is 12.1. The second kappa shape index (κ2) is 9.90. The Morgan fingerprint density at radius 1 is 0.667 bits per heavy atom. The van der Waals surface area contributed by atoms with Crippen LogP contribution in [-0.4, -0.2) is 13.2 Å². The van der Waals surface area contributed by atoms with E-state index in [2.05, 4.69) is 72.1 Å². The summed E-state index contributed by atoms with van der Waals surface area (Å²) in [5.41, 5.74) is 6.67. The van der Waals surface area contributed by atoms with Crippen LogP contribution in [0.3, 0.4) is 0 Å². The van der Waals surface area contributed by atoms with Gasteiger partial charge in [-0.05, 0) is 77.4 Å². The molecule has 4 aromatic carbocycles. The Morgan fingerprint density at radius 2 is 1.11 bits per heavy atom. The third-order valence-corrected chi connectivity index (χ3v) is 6.36. The van der Waals surface area contributed by atoms with E-state index in [0.717, 1.165) is 47.3 Å². The van der Waals surface area contributed by atoms with Crippen LogP contribution >= 0.6 is 0 Å². The molecule has 0 N–H and O–H groups in total. The highest BCUT2D eigenvalue weighted by Gasteiger charge is 2.25. The van der Waals surface area contributed by atoms with Crippen molar-refractivity contribution in [3.8, 4) is 11.5 Å². The SMILES string of the molecule is C=COc1ccc(N(c2ccc(COc3ccc(C4CO4)cc3)cc2)c2ccc(C3CO3)cc2)cc1. The van der Waals surface area contributed by atoms with Crippen molar-refractivity contribution >= 4 is 17.1 Å². The third-order valence-electron chi connectivity index (χ3n) is 6.36. The molecule has 0 aromatic heterocycles. The Balaban J connectivity index is 1.21. The smallest absolute Gasteiger partial charge is 0.126 e. The molecule has 0 spiro atoms. The Hall–Kier alpha value is -4.06. The summed E-state index contributed by atoms with van der Waals surface area (Å²) in [5.74, 6) is 1.60. The summed E-state index contributed by atoms with van der Waals surface area (Å²) < 4.78 is 22.2. The highest BCUT2D eigenvalue weighted by atomic mass is 16.6. The average Bonchev–Trinajstić information content (AvgIpc) is 3.84. The highest BCUT2D eigenvalue weighted by molar-refractivity contribution is 5.77. The highest BCUT2D eigenvalue weighted by Crippen LogP contribution is 2.38. The number of hydrogen-bond acceptors (Lipinski definition) is 5. The van der Waals surface area contributed by atoms with Crippen LogP contribution in [-0.2, 0) is 16.1 Å². The van der Waals surface area contributed by atoms with Gasteiger partial charge in [0.25, 0.3) is 0 Å². The van der Waals surface area contributed by atoms with Crippen LogP contribution in [0, 0.1) is 0 Å². The molecular formula is C31H27NO4. The van der Waals surface area contributed by atoms with E-state index in [1.165, 1.54) is 17.4 Å². The van der Waals surface area contributed by atoms with E-state index in [4.69, 9.17) is 18.9 Å². The lowest BCUT2D eigenvalue weighted by Crippen LogP contribution is -2.10. The monoisotopic (exact) mass is 477 g/mol. The van der Waals surface area contributed by atoms with Crippen molar-refractivity contribution in [1.29, 1.82) is 0 Å².